The number of imidazole rings is 1. The van der Waals surface area contributed by atoms with Crippen LogP contribution in [0, 0.1) is 17.8 Å². The summed E-state index contributed by atoms with van der Waals surface area (Å²) in [5.74, 6) is 2.22. The van der Waals surface area contributed by atoms with Crippen LogP contribution >= 0.6 is 0 Å². The maximum Gasteiger partial charge on any atom is 0.251 e. The first-order valence-electron chi connectivity index (χ1n) is 10.7. The monoisotopic (exact) mass is 402 g/mol. The molecule has 3 aliphatic carbocycles. The lowest BCUT2D eigenvalue weighted by molar-refractivity contribution is -0.124. The van der Waals surface area contributed by atoms with Crippen molar-refractivity contribution >= 4 is 28.5 Å². The molecule has 0 saturated heterocycles. The fourth-order valence-electron chi connectivity index (χ4n) is 5.08. The summed E-state index contributed by atoms with van der Waals surface area (Å²) >= 11 is 0. The van der Waals surface area contributed by atoms with Gasteiger partial charge in [-0.25, -0.2) is 4.98 Å². The third-order valence-electron chi connectivity index (χ3n) is 6.78. The summed E-state index contributed by atoms with van der Waals surface area (Å²) in [5, 5.41) is 5.75. The first-order valence-corrected chi connectivity index (χ1v) is 10.7. The Kier molecular flexibility index (Phi) is 4.77. The van der Waals surface area contributed by atoms with E-state index in [2.05, 4.69) is 20.6 Å². The lowest BCUT2D eigenvalue weighted by Crippen LogP contribution is -2.38. The second kappa shape index (κ2) is 7.59. The van der Waals surface area contributed by atoms with Gasteiger partial charge in [0.1, 0.15) is 5.82 Å². The molecule has 3 N–H and O–H groups in total. The van der Waals surface area contributed by atoms with Gasteiger partial charge in [-0.1, -0.05) is 25.0 Å². The van der Waals surface area contributed by atoms with Crippen molar-refractivity contribution in [1.29, 1.82) is 0 Å². The minimum atomic E-state index is -0.113. The molecule has 0 aliphatic heterocycles. The quantitative estimate of drug-likeness (QED) is 0.606. The van der Waals surface area contributed by atoms with Gasteiger partial charge in [0.05, 0.1) is 11.0 Å². The number of aromatic nitrogens is 2. The molecule has 1 aromatic heterocycles. The van der Waals surface area contributed by atoms with Crippen molar-refractivity contribution in [3.63, 3.8) is 0 Å². The molecule has 0 radical (unpaired) electrons. The van der Waals surface area contributed by atoms with E-state index in [9.17, 15) is 9.59 Å². The summed E-state index contributed by atoms with van der Waals surface area (Å²) in [6.07, 6.45) is 6.02. The predicted octanol–water partition coefficient (Wildman–Crippen LogP) is 4.35. The number of carbonyl (C=O) groups excluding carboxylic acids is 2. The minimum absolute atomic E-state index is 0.113. The Hall–Kier alpha value is -3.15. The summed E-state index contributed by atoms with van der Waals surface area (Å²) in [6, 6.07) is 13.1. The molecule has 6 heteroatoms. The molecule has 1 unspecified atom stereocenters. The molecule has 3 fully saturated rings. The van der Waals surface area contributed by atoms with E-state index >= 15 is 0 Å². The standard InChI is InChI=1S/C24H26N4O2/c1-25-23(29)17-8-6-16(7-9-17)22-27-20-11-10-18(13-21(20)28-22)26-24(30)19-12-14-2-4-15(19)5-3-14/h6-11,13-15,19H,2-5,12H2,1H3,(H,25,29)(H,26,30)(H,27,28). The van der Waals surface area contributed by atoms with Gasteiger partial charge in [0.15, 0.2) is 0 Å². The number of anilines is 1. The van der Waals surface area contributed by atoms with Crippen LogP contribution in [0.25, 0.3) is 22.4 Å². The molecule has 1 heterocycles. The molecule has 2 amide bonds. The smallest absolute Gasteiger partial charge is 0.251 e. The maximum atomic E-state index is 12.9. The number of amides is 2. The number of H-pyrrole nitrogens is 1. The van der Waals surface area contributed by atoms with Crippen molar-refractivity contribution in [2.75, 3.05) is 12.4 Å². The third kappa shape index (κ3) is 3.47. The molecule has 30 heavy (non-hydrogen) atoms. The van der Waals surface area contributed by atoms with Crippen LogP contribution in [-0.4, -0.2) is 28.8 Å². The summed E-state index contributed by atoms with van der Waals surface area (Å²) in [4.78, 5) is 32.6. The number of aromatic amines is 1. The molecule has 6 nitrogen and oxygen atoms in total. The Morgan fingerprint density at radius 3 is 2.47 bits per heavy atom. The van der Waals surface area contributed by atoms with Crippen molar-refractivity contribution in [3.8, 4) is 11.4 Å². The summed E-state index contributed by atoms with van der Waals surface area (Å²) < 4.78 is 0. The van der Waals surface area contributed by atoms with Crippen molar-refractivity contribution in [3.05, 3.63) is 48.0 Å². The molecule has 3 aliphatic rings. The molecular formula is C24H26N4O2. The van der Waals surface area contributed by atoms with E-state index in [0.717, 1.165) is 40.4 Å². The first-order chi connectivity index (χ1) is 14.6. The minimum Gasteiger partial charge on any atom is -0.355 e. The van der Waals surface area contributed by atoms with Crippen molar-refractivity contribution in [2.45, 2.75) is 32.1 Å². The molecule has 1 atom stereocenters. The fourth-order valence-corrected chi connectivity index (χ4v) is 5.08. The zero-order valence-electron chi connectivity index (χ0n) is 17.1. The SMILES string of the molecule is CNC(=O)c1ccc(-c2nc3cc(NC(=O)C4CC5CCC4CC5)ccc3[nH]2)cc1. The summed E-state index contributed by atoms with van der Waals surface area (Å²) in [7, 11) is 1.62. The van der Waals surface area contributed by atoms with Crippen molar-refractivity contribution in [2.24, 2.45) is 17.8 Å². The zero-order valence-corrected chi connectivity index (χ0v) is 17.1. The van der Waals surface area contributed by atoms with Gasteiger partial charge in [0.2, 0.25) is 5.91 Å². The summed E-state index contributed by atoms with van der Waals surface area (Å²) in [6.45, 7) is 0. The number of rotatable bonds is 4. The Morgan fingerprint density at radius 1 is 1.03 bits per heavy atom. The van der Waals surface area contributed by atoms with Gasteiger partial charge in [-0.2, -0.15) is 0 Å². The second-order valence-electron chi connectivity index (χ2n) is 8.59. The average Bonchev–Trinajstić information content (AvgIpc) is 3.23. The molecule has 3 saturated carbocycles. The highest BCUT2D eigenvalue weighted by molar-refractivity contribution is 5.96. The Bertz CT molecular complexity index is 1090. The third-order valence-corrected chi connectivity index (χ3v) is 6.78. The van der Waals surface area contributed by atoms with E-state index < -0.39 is 0 Å². The van der Waals surface area contributed by atoms with E-state index in [0.29, 0.717) is 11.5 Å². The molecule has 2 aromatic carbocycles. The molecule has 2 bridgehead atoms. The fraction of sp³-hybridized carbons (Fsp3) is 0.375. The van der Waals surface area contributed by atoms with Crippen molar-refractivity contribution < 1.29 is 9.59 Å². The Labute approximate surface area is 175 Å². The molecule has 3 aromatic rings. The molecule has 6 rings (SSSR count). The number of hydrogen-bond donors (Lipinski definition) is 3. The summed E-state index contributed by atoms with van der Waals surface area (Å²) in [5.41, 5.74) is 4.03. The number of fused-ring (bicyclic) bond motifs is 4. The van der Waals surface area contributed by atoms with Gasteiger partial charge < -0.3 is 15.6 Å². The highest BCUT2D eigenvalue weighted by Gasteiger charge is 2.39. The number of nitrogens with zero attached hydrogens (tertiary/aromatic N) is 1. The van der Waals surface area contributed by atoms with Crippen LogP contribution in [0.15, 0.2) is 42.5 Å². The number of benzene rings is 2. The normalized spacial score (nSPS) is 22.8. The van der Waals surface area contributed by atoms with Crippen LogP contribution in [0.1, 0.15) is 42.5 Å². The van der Waals surface area contributed by atoms with Crippen LogP contribution in [-0.2, 0) is 4.79 Å². The van der Waals surface area contributed by atoms with Gasteiger partial charge in [0, 0.05) is 29.8 Å². The lowest BCUT2D eigenvalue weighted by Gasteiger charge is -2.41. The van der Waals surface area contributed by atoms with E-state index in [1.165, 1.54) is 25.7 Å². The first kappa shape index (κ1) is 18.9. The van der Waals surface area contributed by atoms with Crippen LogP contribution in [0.4, 0.5) is 5.69 Å². The number of nitrogens with one attached hydrogen (secondary N) is 3. The number of carbonyl (C=O) groups is 2. The lowest BCUT2D eigenvalue weighted by atomic mass is 9.64. The van der Waals surface area contributed by atoms with Gasteiger partial charge >= 0.3 is 0 Å². The van der Waals surface area contributed by atoms with Gasteiger partial charge in [-0.05, 0) is 61.4 Å². The highest BCUT2D eigenvalue weighted by atomic mass is 16.2. The maximum absolute atomic E-state index is 12.9. The number of hydrogen-bond acceptors (Lipinski definition) is 3. The molecule has 154 valence electrons. The van der Waals surface area contributed by atoms with Crippen LogP contribution in [0.3, 0.4) is 0 Å². The largest absolute Gasteiger partial charge is 0.355 e. The van der Waals surface area contributed by atoms with Crippen LogP contribution in [0.2, 0.25) is 0 Å². The van der Waals surface area contributed by atoms with Gasteiger partial charge in [0.25, 0.3) is 5.91 Å². The van der Waals surface area contributed by atoms with E-state index in [1.807, 2.05) is 30.3 Å². The highest BCUT2D eigenvalue weighted by Crippen LogP contribution is 2.45. The predicted molar refractivity (Wildman–Crippen MR) is 117 cm³/mol. The van der Waals surface area contributed by atoms with Crippen LogP contribution in [0.5, 0.6) is 0 Å². The average molecular weight is 402 g/mol. The van der Waals surface area contributed by atoms with Gasteiger partial charge in [-0.15, -0.1) is 0 Å². The van der Waals surface area contributed by atoms with Gasteiger partial charge in [-0.3, -0.25) is 9.59 Å². The second-order valence-corrected chi connectivity index (χ2v) is 8.59. The van der Waals surface area contributed by atoms with Crippen LogP contribution < -0.4 is 10.6 Å². The van der Waals surface area contributed by atoms with E-state index in [1.54, 1.807) is 19.2 Å². The van der Waals surface area contributed by atoms with E-state index in [-0.39, 0.29) is 17.7 Å². The Balaban J connectivity index is 1.34. The molecule has 0 spiro atoms. The van der Waals surface area contributed by atoms with Crippen molar-refractivity contribution in [1.82, 2.24) is 15.3 Å². The topological polar surface area (TPSA) is 86.9 Å². The molecular weight excluding hydrogens is 376 g/mol. The Morgan fingerprint density at radius 2 is 1.80 bits per heavy atom. The van der Waals surface area contributed by atoms with E-state index in [4.69, 9.17) is 0 Å². The zero-order chi connectivity index (χ0) is 20.7.